The fourth-order valence-electron chi connectivity index (χ4n) is 5.30. The van der Waals surface area contributed by atoms with Gasteiger partial charge in [-0.25, -0.2) is 9.98 Å². The Morgan fingerprint density at radius 1 is 0.711 bits per heavy atom. The average Bonchev–Trinajstić information content (AvgIpc) is 3.72. The summed E-state index contributed by atoms with van der Waals surface area (Å²) in [7, 11) is 0. The van der Waals surface area contributed by atoms with Gasteiger partial charge in [-0.1, -0.05) is 36.4 Å². The fraction of sp³-hybridized carbons (Fsp3) is 0.0625. The molecule has 2 aromatic carbocycles. The number of phenols is 2. The Balaban J connectivity index is 1.46. The first kappa shape index (κ1) is 22.3. The van der Waals surface area contributed by atoms with Crippen molar-refractivity contribution in [3.8, 4) is 11.5 Å². The number of nitrogens with one attached hydrogen (secondary N) is 2. The average molecular weight is 497 g/mol. The minimum absolute atomic E-state index is 0.182. The van der Waals surface area contributed by atoms with E-state index >= 15 is 0 Å². The standard InChI is InChI=1S/C32H24N4O2/c37-27-10-1-20(2-11-27)31-29-14-9-25(35-29)18-23-6-5-22(33-23)17-24-7-8-26(34-24)19-32(16-15-30(31)36-32)21-3-12-28(38)13-4-21/h1-19,30,33,36-38H. The zero-order valence-corrected chi connectivity index (χ0v) is 20.3. The molecule has 184 valence electrons. The second-order valence-electron chi connectivity index (χ2n) is 9.71. The number of aromatic nitrogens is 1. The number of hydrogen-bond donors (Lipinski definition) is 4. The van der Waals surface area contributed by atoms with E-state index in [1.165, 1.54) is 0 Å². The predicted octanol–water partition coefficient (Wildman–Crippen LogP) is 3.74. The van der Waals surface area contributed by atoms with Crippen molar-refractivity contribution in [1.29, 1.82) is 0 Å². The molecule has 2 atom stereocenters. The van der Waals surface area contributed by atoms with Gasteiger partial charge >= 0.3 is 0 Å². The lowest BCUT2D eigenvalue weighted by Crippen LogP contribution is -2.40. The third-order valence-corrected chi connectivity index (χ3v) is 7.11. The molecule has 38 heavy (non-hydrogen) atoms. The molecule has 4 N–H and O–H groups in total. The van der Waals surface area contributed by atoms with Gasteiger partial charge in [0.1, 0.15) is 11.5 Å². The SMILES string of the molecule is Oc1ccc(C2=C3C=CC(=N3)C=c3ccc([nH]3)=CC3=NC(=CC4(c5ccc(O)cc5)C=CC2N4)C=C3)cc1. The molecule has 5 heterocycles. The Morgan fingerprint density at radius 2 is 1.37 bits per heavy atom. The fourth-order valence-corrected chi connectivity index (χ4v) is 5.30. The molecule has 6 heteroatoms. The molecule has 3 aromatic rings. The number of H-pyrrole nitrogens is 1. The topological polar surface area (TPSA) is 93.0 Å². The molecular weight excluding hydrogens is 472 g/mol. The predicted molar refractivity (Wildman–Crippen MR) is 151 cm³/mol. The number of benzene rings is 2. The third-order valence-electron chi connectivity index (χ3n) is 7.11. The second-order valence-corrected chi connectivity index (χ2v) is 9.71. The highest BCUT2D eigenvalue weighted by Gasteiger charge is 2.37. The number of hydrogen-bond acceptors (Lipinski definition) is 5. The summed E-state index contributed by atoms with van der Waals surface area (Å²) in [5.74, 6) is 0.429. The van der Waals surface area contributed by atoms with Crippen LogP contribution in [0.3, 0.4) is 0 Å². The van der Waals surface area contributed by atoms with Crippen molar-refractivity contribution in [3.63, 3.8) is 0 Å². The molecule has 0 saturated heterocycles. The van der Waals surface area contributed by atoms with Crippen LogP contribution in [0.15, 0.2) is 125 Å². The summed E-state index contributed by atoms with van der Waals surface area (Å²) in [4.78, 5) is 13.3. The van der Waals surface area contributed by atoms with Gasteiger partial charge in [-0.05, 0) is 90.1 Å². The van der Waals surface area contributed by atoms with Gasteiger partial charge in [0, 0.05) is 16.3 Å². The van der Waals surface area contributed by atoms with Crippen molar-refractivity contribution in [1.82, 2.24) is 10.3 Å². The lowest BCUT2D eigenvalue weighted by atomic mass is 9.89. The van der Waals surface area contributed by atoms with E-state index in [0.29, 0.717) is 0 Å². The first-order valence-electron chi connectivity index (χ1n) is 12.5. The molecule has 0 spiro atoms. The minimum Gasteiger partial charge on any atom is -0.508 e. The van der Waals surface area contributed by atoms with Crippen molar-refractivity contribution in [2.45, 2.75) is 11.6 Å². The monoisotopic (exact) mass is 496 g/mol. The number of aliphatic imine (C=N–C) groups is 2. The van der Waals surface area contributed by atoms with Crippen molar-refractivity contribution in [3.05, 3.63) is 136 Å². The Kier molecular flexibility index (Phi) is 5.03. The van der Waals surface area contributed by atoms with Gasteiger partial charge in [-0.15, -0.1) is 0 Å². The van der Waals surface area contributed by atoms with Crippen LogP contribution < -0.4 is 16.0 Å². The van der Waals surface area contributed by atoms with Crippen LogP contribution in [0.5, 0.6) is 11.5 Å². The van der Waals surface area contributed by atoms with E-state index in [-0.39, 0.29) is 17.5 Å². The maximum atomic E-state index is 9.96. The van der Waals surface area contributed by atoms with Gasteiger partial charge in [0.05, 0.1) is 34.4 Å². The number of phenolic OH excluding ortho intramolecular Hbond substituents is 2. The summed E-state index contributed by atoms with van der Waals surface area (Å²) in [6, 6.07) is 18.4. The Labute approximate surface area is 219 Å². The first-order chi connectivity index (χ1) is 18.5. The van der Waals surface area contributed by atoms with Crippen LogP contribution >= 0.6 is 0 Å². The third kappa shape index (κ3) is 3.97. The molecule has 2 unspecified atom stereocenters. The number of rotatable bonds is 2. The van der Waals surface area contributed by atoms with E-state index in [0.717, 1.165) is 50.2 Å². The van der Waals surface area contributed by atoms with E-state index in [4.69, 9.17) is 9.98 Å². The van der Waals surface area contributed by atoms with E-state index in [1.807, 2.05) is 72.9 Å². The summed E-state index contributed by atoms with van der Waals surface area (Å²) in [6.07, 6.45) is 18.5. The zero-order chi connectivity index (χ0) is 25.7. The summed E-state index contributed by atoms with van der Waals surface area (Å²) < 4.78 is 0. The van der Waals surface area contributed by atoms with Gasteiger partial charge in [0.15, 0.2) is 0 Å². The summed E-state index contributed by atoms with van der Waals surface area (Å²) in [5, 5.41) is 25.7. The molecule has 0 radical (unpaired) electrons. The van der Waals surface area contributed by atoms with Crippen molar-refractivity contribution < 1.29 is 10.2 Å². The highest BCUT2D eigenvalue weighted by Crippen LogP contribution is 2.38. The zero-order valence-electron chi connectivity index (χ0n) is 20.3. The maximum absolute atomic E-state index is 9.96. The van der Waals surface area contributed by atoms with Crippen molar-refractivity contribution in [2.24, 2.45) is 9.98 Å². The van der Waals surface area contributed by atoms with E-state index < -0.39 is 5.54 Å². The summed E-state index contributed by atoms with van der Waals surface area (Å²) >= 11 is 0. The number of fused-ring (bicyclic) bond motifs is 6. The first-order valence-corrected chi connectivity index (χ1v) is 12.5. The largest absolute Gasteiger partial charge is 0.508 e. The van der Waals surface area contributed by atoms with Crippen LogP contribution in [0.4, 0.5) is 0 Å². The van der Waals surface area contributed by atoms with Crippen LogP contribution in [-0.2, 0) is 5.54 Å². The van der Waals surface area contributed by atoms with Gasteiger partial charge in [0.25, 0.3) is 0 Å². The van der Waals surface area contributed by atoms with Crippen molar-refractivity contribution in [2.75, 3.05) is 0 Å². The molecule has 0 aliphatic carbocycles. The number of aromatic hydroxyl groups is 2. The molecule has 6 nitrogen and oxygen atoms in total. The highest BCUT2D eigenvalue weighted by atomic mass is 16.3. The molecule has 0 amide bonds. The Hall–Kier alpha value is -4.94. The molecule has 7 rings (SSSR count). The van der Waals surface area contributed by atoms with Crippen LogP contribution in [0, 0.1) is 0 Å². The van der Waals surface area contributed by atoms with Gasteiger partial charge in [-0.2, -0.15) is 0 Å². The lowest BCUT2D eigenvalue weighted by Gasteiger charge is -2.29. The van der Waals surface area contributed by atoms with Crippen LogP contribution in [0.1, 0.15) is 11.1 Å². The van der Waals surface area contributed by atoms with Crippen LogP contribution in [0.2, 0.25) is 0 Å². The second kappa shape index (κ2) is 8.57. The quantitative estimate of drug-likeness (QED) is 0.407. The number of aromatic amines is 1. The van der Waals surface area contributed by atoms with Gasteiger partial charge in [0.2, 0.25) is 0 Å². The van der Waals surface area contributed by atoms with Gasteiger partial charge in [-0.3, -0.25) is 5.32 Å². The summed E-state index contributed by atoms with van der Waals surface area (Å²) in [6.45, 7) is 0. The molecule has 1 aromatic heterocycles. The molecule has 4 aliphatic rings. The normalized spacial score (nSPS) is 23.2. The lowest BCUT2D eigenvalue weighted by molar-refractivity contribution is 0.473. The van der Waals surface area contributed by atoms with E-state index in [2.05, 4.69) is 28.5 Å². The Bertz CT molecular complexity index is 1800. The van der Waals surface area contributed by atoms with Crippen LogP contribution in [-0.4, -0.2) is 32.7 Å². The van der Waals surface area contributed by atoms with E-state index in [1.54, 1.807) is 24.3 Å². The smallest absolute Gasteiger partial charge is 0.115 e. The number of nitrogens with zero attached hydrogens (tertiary/aromatic N) is 2. The molecule has 4 aliphatic heterocycles. The van der Waals surface area contributed by atoms with Crippen molar-refractivity contribution >= 4 is 29.1 Å². The number of allylic oxidation sites excluding steroid dienone is 4. The molecule has 0 saturated carbocycles. The minimum atomic E-state index is -0.669. The maximum Gasteiger partial charge on any atom is 0.115 e. The Morgan fingerprint density at radius 3 is 2.11 bits per heavy atom. The molecule has 0 fully saturated rings. The molecular formula is C32H24N4O2. The molecule has 8 bridgehead atoms. The van der Waals surface area contributed by atoms with E-state index in [9.17, 15) is 10.2 Å². The summed E-state index contributed by atoms with van der Waals surface area (Å²) in [5.41, 5.74) is 5.67. The van der Waals surface area contributed by atoms with Crippen LogP contribution in [0.25, 0.3) is 17.7 Å². The highest BCUT2D eigenvalue weighted by molar-refractivity contribution is 6.20. The van der Waals surface area contributed by atoms with Gasteiger partial charge < -0.3 is 15.2 Å².